The molecule has 0 saturated heterocycles. The van der Waals surface area contributed by atoms with Crippen LogP contribution in [-0.4, -0.2) is 10.2 Å². The average Bonchev–Trinajstić information content (AvgIpc) is 2.14. The summed E-state index contributed by atoms with van der Waals surface area (Å²) in [6.07, 6.45) is 2.67. The molecule has 1 heterocycles. The van der Waals surface area contributed by atoms with E-state index in [1.807, 2.05) is 6.92 Å². The number of aromatic nitrogens is 2. The van der Waals surface area contributed by atoms with E-state index in [9.17, 15) is 0 Å². The molecule has 0 spiro atoms. The van der Waals surface area contributed by atoms with Gasteiger partial charge in [0, 0.05) is 12.3 Å². The van der Waals surface area contributed by atoms with Crippen molar-refractivity contribution >= 4 is 0 Å². The summed E-state index contributed by atoms with van der Waals surface area (Å²) in [6, 6.07) is 2.92. The monoisotopic (exact) mass is 95.1 g/mol. The van der Waals surface area contributed by atoms with Crippen LogP contribution in [0.25, 0.3) is 0 Å². The number of aryl methyl sites for hydroxylation is 1. The van der Waals surface area contributed by atoms with Gasteiger partial charge < -0.3 is 0 Å². The molecule has 0 atom stereocenters. The molecule has 37 valence electrons. The summed E-state index contributed by atoms with van der Waals surface area (Å²) in [5, 5.41) is 6.53. The third-order valence-electron chi connectivity index (χ3n) is 0.838. The maximum atomic E-state index is 3.85. The zero-order valence-corrected chi connectivity index (χ0v) is 4.23. The molecule has 0 unspecified atom stereocenters. The first-order chi connectivity index (χ1) is 3.43. The van der Waals surface area contributed by atoms with Gasteiger partial charge in [-0.05, 0) is 6.42 Å². The minimum Gasteiger partial charge on any atom is -0.285 e. The van der Waals surface area contributed by atoms with Gasteiger partial charge in [-0.3, -0.25) is 5.10 Å². The van der Waals surface area contributed by atoms with Gasteiger partial charge in [0.1, 0.15) is 0 Å². The summed E-state index contributed by atoms with van der Waals surface area (Å²) in [7, 11) is 0. The Morgan fingerprint density at radius 2 is 2.86 bits per heavy atom. The van der Waals surface area contributed by atoms with Crippen LogP contribution in [0.4, 0.5) is 0 Å². The first-order valence-electron chi connectivity index (χ1n) is 2.34. The third kappa shape index (κ3) is 0.796. The largest absolute Gasteiger partial charge is 0.285 e. The molecule has 1 aromatic rings. The van der Waals surface area contributed by atoms with Gasteiger partial charge >= 0.3 is 0 Å². The van der Waals surface area contributed by atoms with Gasteiger partial charge in [0.25, 0.3) is 0 Å². The minimum atomic E-state index is 0.962. The van der Waals surface area contributed by atoms with E-state index in [2.05, 4.69) is 16.3 Å². The number of hydrogen-bond acceptors (Lipinski definition) is 1. The molecule has 0 aliphatic heterocycles. The fraction of sp³-hybridized carbons (Fsp3) is 0.400. The van der Waals surface area contributed by atoms with Crippen molar-refractivity contribution in [1.29, 1.82) is 0 Å². The summed E-state index contributed by atoms with van der Waals surface area (Å²) in [6.45, 7) is 2.05. The van der Waals surface area contributed by atoms with Crippen LogP contribution in [0.1, 0.15) is 12.6 Å². The number of nitrogens with one attached hydrogen (secondary N) is 1. The molecule has 2 heteroatoms. The van der Waals surface area contributed by atoms with Gasteiger partial charge in [-0.1, -0.05) is 6.92 Å². The van der Waals surface area contributed by atoms with E-state index < -0.39 is 0 Å². The molecule has 0 amide bonds. The van der Waals surface area contributed by atoms with E-state index in [0.29, 0.717) is 0 Å². The highest BCUT2D eigenvalue weighted by Gasteiger charge is 1.84. The van der Waals surface area contributed by atoms with Gasteiger partial charge in [0.2, 0.25) is 0 Å². The Balaban J connectivity index is 2.76. The molecule has 0 saturated carbocycles. The zero-order chi connectivity index (χ0) is 5.11. The summed E-state index contributed by atoms with van der Waals surface area (Å²) < 4.78 is 0. The molecule has 1 rings (SSSR count). The Hall–Kier alpha value is -0.790. The highest BCUT2D eigenvalue weighted by molar-refractivity contribution is 4.92. The Bertz CT molecular complexity index is 121. The second-order valence-electron chi connectivity index (χ2n) is 1.33. The third-order valence-corrected chi connectivity index (χ3v) is 0.838. The number of H-pyrrole nitrogens is 1. The summed E-state index contributed by atoms with van der Waals surface area (Å²) in [5.41, 5.74) is 1.00. The quantitative estimate of drug-likeness (QED) is 0.548. The van der Waals surface area contributed by atoms with Crippen molar-refractivity contribution in [2.45, 2.75) is 13.3 Å². The second-order valence-corrected chi connectivity index (χ2v) is 1.33. The van der Waals surface area contributed by atoms with Crippen LogP contribution in [0.5, 0.6) is 0 Å². The summed E-state index contributed by atoms with van der Waals surface area (Å²) >= 11 is 0. The number of rotatable bonds is 1. The second kappa shape index (κ2) is 1.78. The SMILES string of the molecule is CCc1[c]c[nH]n1. The normalized spacial score (nSPS) is 9.29. The molecular formula is C5H7N2. The van der Waals surface area contributed by atoms with Gasteiger partial charge in [-0.2, -0.15) is 5.10 Å². The molecule has 0 aliphatic carbocycles. The van der Waals surface area contributed by atoms with Crippen molar-refractivity contribution in [3.8, 4) is 0 Å². The summed E-state index contributed by atoms with van der Waals surface area (Å²) in [4.78, 5) is 0. The highest BCUT2D eigenvalue weighted by Crippen LogP contribution is 1.87. The van der Waals surface area contributed by atoms with E-state index in [1.54, 1.807) is 6.20 Å². The molecule has 1 aromatic heterocycles. The molecule has 2 nitrogen and oxygen atoms in total. The van der Waals surface area contributed by atoms with Crippen molar-refractivity contribution in [3.05, 3.63) is 18.0 Å². The maximum Gasteiger partial charge on any atom is 0.0698 e. The Morgan fingerprint density at radius 3 is 3.14 bits per heavy atom. The van der Waals surface area contributed by atoms with Gasteiger partial charge in [-0.25, -0.2) is 0 Å². The van der Waals surface area contributed by atoms with Crippen LogP contribution >= 0.6 is 0 Å². The zero-order valence-electron chi connectivity index (χ0n) is 4.23. The lowest BCUT2D eigenvalue weighted by Gasteiger charge is -1.76. The number of nitrogens with zero attached hydrogens (tertiary/aromatic N) is 1. The van der Waals surface area contributed by atoms with E-state index in [0.717, 1.165) is 12.1 Å². The van der Waals surface area contributed by atoms with Crippen molar-refractivity contribution in [2.24, 2.45) is 0 Å². The van der Waals surface area contributed by atoms with Gasteiger partial charge in [0.05, 0.1) is 5.69 Å². The van der Waals surface area contributed by atoms with E-state index in [4.69, 9.17) is 0 Å². The van der Waals surface area contributed by atoms with Crippen LogP contribution in [0, 0.1) is 6.07 Å². The smallest absolute Gasteiger partial charge is 0.0698 e. The number of aromatic amines is 1. The molecular weight excluding hydrogens is 88.1 g/mol. The Kier molecular flexibility index (Phi) is 1.11. The molecule has 1 N–H and O–H groups in total. The fourth-order valence-corrected chi connectivity index (χ4v) is 0.439. The summed E-state index contributed by atoms with van der Waals surface area (Å²) in [5.74, 6) is 0. The van der Waals surface area contributed by atoms with E-state index in [-0.39, 0.29) is 0 Å². The van der Waals surface area contributed by atoms with E-state index in [1.165, 1.54) is 0 Å². The van der Waals surface area contributed by atoms with Crippen LogP contribution in [0.3, 0.4) is 0 Å². The predicted molar refractivity (Wildman–Crippen MR) is 26.8 cm³/mol. The molecule has 0 bridgehead atoms. The Labute approximate surface area is 42.6 Å². The molecule has 0 aliphatic rings. The number of hydrogen-bond donors (Lipinski definition) is 1. The molecule has 7 heavy (non-hydrogen) atoms. The van der Waals surface area contributed by atoms with Crippen molar-refractivity contribution < 1.29 is 0 Å². The van der Waals surface area contributed by atoms with Crippen LogP contribution < -0.4 is 0 Å². The minimum absolute atomic E-state index is 0.962. The topological polar surface area (TPSA) is 28.7 Å². The van der Waals surface area contributed by atoms with Gasteiger partial charge in [-0.15, -0.1) is 0 Å². The first-order valence-corrected chi connectivity index (χ1v) is 2.34. The van der Waals surface area contributed by atoms with Gasteiger partial charge in [0.15, 0.2) is 0 Å². The van der Waals surface area contributed by atoms with Crippen LogP contribution in [0.2, 0.25) is 0 Å². The first kappa shape index (κ1) is 4.37. The lowest BCUT2D eigenvalue weighted by molar-refractivity contribution is 0.974. The van der Waals surface area contributed by atoms with E-state index >= 15 is 0 Å². The van der Waals surface area contributed by atoms with Crippen LogP contribution in [-0.2, 0) is 6.42 Å². The lowest BCUT2D eigenvalue weighted by Crippen LogP contribution is -1.76. The predicted octanol–water partition coefficient (Wildman–Crippen LogP) is 0.772. The van der Waals surface area contributed by atoms with Crippen molar-refractivity contribution in [3.63, 3.8) is 0 Å². The standard InChI is InChI=1S/C5H7N2/c1-2-5-3-4-6-7-5/h4H,2H2,1H3,(H,6,7). The molecule has 0 aromatic carbocycles. The fourth-order valence-electron chi connectivity index (χ4n) is 0.439. The molecule has 1 radical (unpaired) electrons. The average molecular weight is 95.1 g/mol. The highest BCUT2D eigenvalue weighted by atomic mass is 15.1. The Morgan fingerprint density at radius 1 is 2.00 bits per heavy atom. The molecule has 0 fully saturated rings. The van der Waals surface area contributed by atoms with Crippen LogP contribution in [0.15, 0.2) is 6.20 Å². The van der Waals surface area contributed by atoms with Crippen molar-refractivity contribution in [1.82, 2.24) is 10.2 Å². The lowest BCUT2D eigenvalue weighted by atomic mass is 10.4. The van der Waals surface area contributed by atoms with Crippen molar-refractivity contribution in [2.75, 3.05) is 0 Å². The maximum absolute atomic E-state index is 3.85.